The van der Waals surface area contributed by atoms with Gasteiger partial charge in [-0.3, -0.25) is 0 Å². The monoisotopic (exact) mass is 387 g/mol. The summed E-state index contributed by atoms with van der Waals surface area (Å²) >= 11 is 8.20. The lowest BCUT2D eigenvalue weighted by Crippen LogP contribution is -2.02. The number of ether oxygens (including phenoxy) is 2. The summed E-state index contributed by atoms with van der Waals surface area (Å²) < 4.78 is 11.9. The Morgan fingerprint density at radius 1 is 1.21 bits per heavy atom. The standard InChI is InChI=1S/C14H11ClINO2/c15-10-4-5-12(11(16)6-10)17-7-9-2-1-3-13-14(9)19-8-18-13/h1-6,17H,7-8H2. The van der Waals surface area contributed by atoms with Crippen molar-refractivity contribution in [2.75, 3.05) is 12.1 Å². The summed E-state index contributed by atoms with van der Waals surface area (Å²) in [5.74, 6) is 1.64. The molecule has 98 valence electrons. The molecule has 0 radical (unpaired) electrons. The molecule has 0 spiro atoms. The third-order valence-electron chi connectivity index (χ3n) is 2.88. The maximum atomic E-state index is 5.94. The van der Waals surface area contributed by atoms with Crippen molar-refractivity contribution < 1.29 is 9.47 Å². The lowest BCUT2D eigenvalue weighted by molar-refractivity contribution is 0.173. The van der Waals surface area contributed by atoms with Crippen LogP contribution in [0.1, 0.15) is 5.56 Å². The minimum absolute atomic E-state index is 0.296. The first-order chi connectivity index (χ1) is 9.24. The van der Waals surface area contributed by atoms with Crippen LogP contribution in [-0.2, 0) is 6.54 Å². The van der Waals surface area contributed by atoms with Gasteiger partial charge >= 0.3 is 0 Å². The summed E-state index contributed by atoms with van der Waals surface area (Å²) in [6.07, 6.45) is 0. The van der Waals surface area contributed by atoms with Crippen LogP contribution in [0, 0.1) is 3.57 Å². The van der Waals surface area contributed by atoms with Gasteiger partial charge in [0.1, 0.15) is 0 Å². The fourth-order valence-electron chi connectivity index (χ4n) is 1.95. The summed E-state index contributed by atoms with van der Waals surface area (Å²) in [5, 5.41) is 4.13. The molecule has 0 aliphatic carbocycles. The van der Waals surface area contributed by atoms with Crippen molar-refractivity contribution in [1.29, 1.82) is 0 Å². The number of halogens is 2. The SMILES string of the molecule is Clc1ccc(NCc2cccc3c2OCO3)c(I)c1. The molecular formula is C14H11ClINO2. The van der Waals surface area contributed by atoms with E-state index in [1.807, 2.05) is 36.4 Å². The molecule has 1 heterocycles. The molecule has 0 unspecified atom stereocenters. The molecule has 1 N–H and O–H groups in total. The van der Waals surface area contributed by atoms with E-state index in [2.05, 4.69) is 27.9 Å². The van der Waals surface area contributed by atoms with Gasteiger partial charge in [0.15, 0.2) is 11.5 Å². The summed E-state index contributed by atoms with van der Waals surface area (Å²) in [5.41, 5.74) is 2.14. The van der Waals surface area contributed by atoms with Crippen LogP contribution in [0.15, 0.2) is 36.4 Å². The largest absolute Gasteiger partial charge is 0.454 e. The van der Waals surface area contributed by atoms with E-state index in [1.54, 1.807) is 0 Å². The predicted molar refractivity (Wildman–Crippen MR) is 84.1 cm³/mol. The Morgan fingerprint density at radius 2 is 2.11 bits per heavy atom. The number of nitrogens with one attached hydrogen (secondary N) is 1. The second-order valence-electron chi connectivity index (χ2n) is 4.13. The van der Waals surface area contributed by atoms with Gasteiger partial charge in [-0.15, -0.1) is 0 Å². The van der Waals surface area contributed by atoms with Crippen molar-refractivity contribution in [3.8, 4) is 11.5 Å². The molecular weight excluding hydrogens is 377 g/mol. The normalized spacial score (nSPS) is 12.5. The van der Waals surface area contributed by atoms with Gasteiger partial charge in [0, 0.05) is 26.4 Å². The number of benzene rings is 2. The third kappa shape index (κ3) is 2.74. The highest BCUT2D eigenvalue weighted by Crippen LogP contribution is 2.35. The highest BCUT2D eigenvalue weighted by Gasteiger charge is 2.16. The van der Waals surface area contributed by atoms with Crippen molar-refractivity contribution >= 4 is 39.9 Å². The summed E-state index contributed by atoms with van der Waals surface area (Å²) in [4.78, 5) is 0. The van der Waals surface area contributed by atoms with Crippen molar-refractivity contribution in [1.82, 2.24) is 0 Å². The summed E-state index contributed by atoms with van der Waals surface area (Å²) in [6.45, 7) is 0.981. The molecule has 0 aromatic heterocycles. The molecule has 0 fully saturated rings. The molecule has 19 heavy (non-hydrogen) atoms. The third-order valence-corrected chi connectivity index (χ3v) is 4.01. The second kappa shape index (κ2) is 5.46. The smallest absolute Gasteiger partial charge is 0.231 e. The first-order valence-corrected chi connectivity index (χ1v) is 7.26. The molecule has 1 aliphatic rings. The number of rotatable bonds is 3. The molecule has 0 saturated carbocycles. The number of fused-ring (bicyclic) bond motifs is 1. The number of para-hydroxylation sites is 1. The zero-order valence-electron chi connectivity index (χ0n) is 9.95. The Labute approximate surface area is 130 Å². The quantitative estimate of drug-likeness (QED) is 0.797. The number of hydrogen-bond acceptors (Lipinski definition) is 3. The maximum absolute atomic E-state index is 5.94. The van der Waals surface area contributed by atoms with Crippen LogP contribution in [0.3, 0.4) is 0 Å². The van der Waals surface area contributed by atoms with Gasteiger partial charge in [-0.05, 0) is 46.9 Å². The van der Waals surface area contributed by atoms with E-state index in [0.717, 1.165) is 31.3 Å². The predicted octanol–water partition coefficient (Wildman–Crippen LogP) is 4.29. The van der Waals surface area contributed by atoms with Gasteiger partial charge in [0.05, 0.1) is 0 Å². The molecule has 0 amide bonds. The molecule has 0 bridgehead atoms. The van der Waals surface area contributed by atoms with Gasteiger partial charge in [-0.1, -0.05) is 23.7 Å². The Morgan fingerprint density at radius 3 is 2.95 bits per heavy atom. The molecule has 2 aromatic carbocycles. The molecule has 2 aromatic rings. The number of anilines is 1. The second-order valence-corrected chi connectivity index (χ2v) is 5.73. The van der Waals surface area contributed by atoms with Crippen LogP contribution in [-0.4, -0.2) is 6.79 Å². The fourth-order valence-corrected chi connectivity index (χ4v) is 3.02. The minimum Gasteiger partial charge on any atom is -0.454 e. The van der Waals surface area contributed by atoms with E-state index in [9.17, 15) is 0 Å². The van der Waals surface area contributed by atoms with Gasteiger partial charge in [-0.2, -0.15) is 0 Å². The zero-order valence-corrected chi connectivity index (χ0v) is 12.9. The summed E-state index contributed by atoms with van der Waals surface area (Å²) in [7, 11) is 0. The van der Waals surface area contributed by atoms with E-state index in [0.29, 0.717) is 13.3 Å². The molecule has 3 rings (SSSR count). The van der Waals surface area contributed by atoms with Gasteiger partial charge in [-0.25, -0.2) is 0 Å². The Kier molecular flexibility index (Phi) is 3.70. The zero-order chi connectivity index (χ0) is 13.2. The number of hydrogen-bond donors (Lipinski definition) is 1. The van der Waals surface area contributed by atoms with Crippen molar-refractivity contribution in [2.24, 2.45) is 0 Å². The van der Waals surface area contributed by atoms with Crippen molar-refractivity contribution in [2.45, 2.75) is 6.54 Å². The highest BCUT2D eigenvalue weighted by molar-refractivity contribution is 14.1. The minimum atomic E-state index is 0.296. The van der Waals surface area contributed by atoms with E-state index >= 15 is 0 Å². The average Bonchev–Trinajstić information content (AvgIpc) is 2.86. The van der Waals surface area contributed by atoms with E-state index < -0.39 is 0 Å². The fraction of sp³-hybridized carbons (Fsp3) is 0.143. The van der Waals surface area contributed by atoms with Crippen molar-refractivity contribution in [3.63, 3.8) is 0 Å². The van der Waals surface area contributed by atoms with Crippen LogP contribution in [0.2, 0.25) is 5.02 Å². The van der Waals surface area contributed by atoms with Crippen LogP contribution in [0.25, 0.3) is 0 Å². The van der Waals surface area contributed by atoms with E-state index in [1.165, 1.54) is 0 Å². The topological polar surface area (TPSA) is 30.5 Å². The van der Waals surface area contributed by atoms with Gasteiger partial charge in [0.25, 0.3) is 0 Å². The van der Waals surface area contributed by atoms with Gasteiger partial charge < -0.3 is 14.8 Å². The summed E-state index contributed by atoms with van der Waals surface area (Å²) in [6, 6.07) is 11.7. The molecule has 0 atom stereocenters. The van der Waals surface area contributed by atoms with Crippen LogP contribution >= 0.6 is 34.2 Å². The van der Waals surface area contributed by atoms with Crippen LogP contribution < -0.4 is 14.8 Å². The Balaban J connectivity index is 1.78. The highest BCUT2D eigenvalue weighted by atomic mass is 127. The molecule has 0 saturated heterocycles. The molecule has 3 nitrogen and oxygen atoms in total. The Hall–Kier alpha value is -1.14. The lowest BCUT2D eigenvalue weighted by atomic mass is 10.2. The molecule has 5 heteroatoms. The Bertz CT molecular complexity index is 618. The van der Waals surface area contributed by atoms with Crippen LogP contribution in [0.5, 0.6) is 11.5 Å². The van der Waals surface area contributed by atoms with E-state index in [-0.39, 0.29) is 0 Å². The first kappa shape index (κ1) is 12.9. The van der Waals surface area contributed by atoms with Crippen LogP contribution in [0.4, 0.5) is 5.69 Å². The van der Waals surface area contributed by atoms with Crippen molar-refractivity contribution in [3.05, 3.63) is 50.6 Å². The van der Waals surface area contributed by atoms with Gasteiger partial charge in [0.2, 0.25) is 6.79 Å². The maximum Gasteiger partial charge on any atom is 0.231 e. The van der Waals surface area contributed by atoms with E-state index in [4.69, 9.17) is 21.1 Å². The average molecular weight is 388 g/mol. The first-order valence-electron chi connectivity index (χ1n) is 5.80. The lowest BCUT2D eigenvalue weighted by Gasteiger charge is -2.10. The molecule has 1 aliphatic heterocycles.